The van der Waals surface area contributed by atoms with Gasteiger partial charge in [-0.2, -0.15) is 8.78 Å². The quantitative estimate of drug-likeness (QED) is 0.567. The number of nitrogens with zero attached hydrogens (tertiary/aromatic N) is 1. The standard InChI is InChI=1S/C14H21F2N3O2/c1-10(9-20-2)19-14(17)18-8-7-11-5-3-4-6-12(11)21-13(15)16/h3-6,10,13H,7-9H2,1-2H3,(H3,17,18,19). The van der Waals surface area contributed by atoms with Gasteiger partial charge in [-0.05, 0) is 25.0 Å². The van der Waals surface area contributed by atoms with E-state index in [4.69, 9.17) is 10.5 Å². The number of guanidine groups is 1. The van der Waals surface area contributed by atoms with Crippen LogP contribution in [0.3, 0.4) is 0 Å². The van der Waals surface area contributed by atoms with Crippen LogP contribution in [-0.4, -0.2) is 38.9 Å². The van der Waals surface area contributed by atoms with E-state index in [-0.39, 0.29) is 11.8 Å². The van der Waals surface area contributed by atoms with E-state index in [0.717, 1.165) is 0 Å². The molecule has 0 heterocycles. The summed E-state index contributed by atoms with van der Waals surface area (Å²) < 4.78 is 34.0. The van der Waals surface area contributed by atoms with Gasteiger partial charge in [-0.3, -0.25) is 4.99 Å². The number of halogens is 2. The van der Waals surface area contributed by atoms with Gasteiger partial charge in [0.2, 0.25) is 0 Å². The summed E-state index contributed by atoms with van der Waals surface area (Å²) in [4.78, 5) is 4.15. The van der Waals surface area contributed by atoms with Gasteiger partial charge < -0.3 is 20.5 Å². The van der Waals surface area contributed by atoms with E-state index in [1.807, 2.05) is 6.92 Å². The number of hydrogen-bond acceptors (Lipinski definition) is 3. The maximum atomic E-state index is 12.3. The molecule has 3 N–H and O–H groups in total. The highest BCUT2D eigenvalue weighted by molar-refractivity contribution is 5.78. The smallest absolute Gasteiger partial charge is 0.387 e. The van der Waals surface area contributed by atoms with Crippen LogP contribution in [0.25, 0.3) is 0 Å². The van der Waals surface area contributed by atoms with Crippen LogP contribution in [0.4, 0.5) is 8.78 Å². The van der Waals surface area contributed by atoms with E-state index < -0.39 is 6.61 Å². The first-order valence-electron chi connectivity index (χ1n) is 6.61. The monoisotopic (exact) mass is 301 g/mol. The van der Waals surface area contributed by atoms with E-state index in [9.17, 15) is 8.78 Å². The Morgan fingerprint density at radius 1 is 1.38 bits per heavy atom. The molecule has 21 heavy (non-hydrogen) atoms. The zero-order valence-corrected chi connectivity index (χ0v) is 12.2. The van der Waals surface area contributed by atoms with Crippen molar-refractivity contribution in [1.82, 2.24) is 5.32 Å². The molecule has 0 fully saturated rings. The van der Waals surface area contributed by atoms with E-state index in [0.29, 0.717) is 31.1 Å². The number of aliphatic imine (C=N–C) groups is 1. The van der Waals surface area contributed by atoms with Gasteiger partial charge in [0.1, 0.15) is 5.75 Å². The topological polar surface area (TPSA) is 68.9 Å². The van der Waals surface area contributed by atoms with Gasteiger partial charge in [0, 0.05) is 19.7 Å². The van der Waals surface area contributed by atoms with Crippen LogP contribution in [0.15, 0.2) is 29.3 Å². The molecule has 1 atom stereocenters. The fourth-order valence-corrected chi connectivity index (χ4v) is 1.81. The summed E-state index contributed by atoms with van der Waals surface area (Å²) in [6.45, 7) is -0.0301. The molecular formula is C14H21F2N3O2. The summed E-state index contributed by atoms with van der Waals surface area (Å²) in [6, 6.07) is 6.69. The van der Waals surface area contributed by atoms with Gasteiger partial charge in [-0.15, -0.1) is 0 Å². The number of hydrogen-bond donors (Lipinski definition) is 2. The minimum absolute atomic E-state index is 0.0493. The highest BCUT2D eigenvalue weighted by Gasteiger charge is 2.08. The molecule has 5 nitrogen and oxygen atoms in total. The Labute approximate surface area is 123 Å². The zero-order valence-electron chi connectivity index (χ0n) is 12.2. The van der Waals surface area contributed by atoms with Crippen molar-refractivity contribution in [3.05, 3.63) is 29.8 Å². The van der Waals surface area contributed by atoms with Gasteiger partial charge in [0.05, 0.1) is 6.61 Å². The fraction of sp³-hybridized carbons (Fsp3) is 0.500. The van der Waals surface area contributed by atoms with Crippen LogP contribution in [0.5, 0.6) is 5.75 Å². The third kappa shape index (κ3) is 6.89. The maximum Gasteiger partial charge on any atom is 0.387 e. The number of alkyl halides is 2. The van der Waals surface area contributed by atoms with E-state index >= 15 is 0 Å². The van der Waals surface area contributed by atoms with E-state index in [2.05, 4.69) is 15.0 Å². The summed E-state index contributed by atoms with van der Waals surface area (Å²) in [5, 5.41) is 2.97. The Balaban J connectivity index is 2.51. The molecule has 0 saturated carbocycles. The number of nitrogens with one attached hydrogen (secondary N) is 1. The lowest BCUT2D eigenvalue weighted by Crippen LogP contribution is -2.40. The average molecular weight is 301 g/mol. The molecule has 0 amide bonds. The summed E-state index contributed by atoms with van der Waals surface area (Å²) in [5.41, 5.74) is 6.39. The van der Waals surface area contributed by atoms with Gasteiger partial charge in [0.25, 0.3) is 0 Å². The van der Waals surface area contributed by atoms with Crippen LogP contribution in [-0.2, 0) is 11.2 Å². The molecule has 1 rings (SSSR count). The summed E-state index contributed by atoms with van der Waals surface area (Å²) in [5.74, 6) is 0.466. The molecule has 0 aromatic heterocycles. The minimum atomic E-state index is -2.84. The molecule has 118 valence electrons. The maximum absolute atomic E-state index is 12.3. The Kier molecular flexibility index (Phi) is 7.45. The third-order valence-corrected chi connectivity index (χ3v) is 2.66. The highest BCUT2D eigenvalue weighted by Crippen LogP contribution is 2.20. The van der Waals surface area contributed by atoms with Crippen LogP contribution in [0, 0.1) is 0 Å². The molecular weight excluding hydrogens is 280 g/mol. The van der Waals surface area contributed by atoms with Crippen LogP contribution in [0.1, 0.15) is 12.5 Å². The lowest BCUT2D eigenvalue weighted by molar-refractivity contribution is -0.0504. The molecule has 1 aromatic rings. The van der Waals surface area contributed by atoms with Crippen LogP contribution >= 0.6 is 0 Å². The molecule has 0 aliphatic rings. The first kappa shape index (κ1) is 17.2. The molecule has 0 radical (unpaired) electrons. The number of rotatable bonds is 8. The lowest BCUT2D eigenvalue weighted by atomic mass is 10.1. The SMILES string of the molecule is COCC(C)NC(N)=NCCc1ccccc1OC(F)F. The Morgan fingerprint density at radius 2 is 2.10 bits per heavy atom. The molecule has 0 saturated heterocycles. The Bertz CT molecular complexity index is 456. The van der Waals surface area contributed by atoms with Gasteiger partial charge in [-0.1, -0.05) is 18.2 Å². The van der Waals surface area contributed by atoms with Crippen LogP contribution in [0.2, 0.25) is 0 Å². The molecule has 0 aliphatic heterocycles. The van der Waals surface area contributed by atoms with Crippen molar-refractivity contribution in [1.29, 1.82) is 0 Å². The molecule has 0 aliphatic carbocycles. The van der Waals surface area contributed by atoms with Crippen molar-refractivity contribution in [2.24, 2.45) is 10.7 Å². The first-order valence-corrected chi connectivity index (χ1v) is 6.61. The normalized spacial score (nSPS) is 13.3. The van der Waals surface area contributed by atoms with Crippen molar-refractivity contribution in [2.45, 2.75) is 26.0 Å². The second-order valence-electron chi connectivity index (χ2n) is 4.50. The van der Waals surface area contributed by atoms with Gasteiger partial charge >= 0.3 is 6.61 Å². The lowest BCUT2D eigenvalue weighted by Gasteiger charge is -2.13. The number of nitrogens with two attached hydrogens (primary N) is 1. The fourth-order valence-electron chi connectivity index (χ4n) is 1.81. The van der Waals surface area contributed by atoms with Gasteiger partial charge in [0.15, 0.2) is 5.96 Å². The Hall–Kier alpha value is -1.89. The number of methoxy groups -OCH3 is 1. The predicted molar refractivity (Wildman–Crippen MR) is 77.7 cm³/mol. The molecule has 0 spiro atoms. The molecule has 1 aromatic carbocycles. The zero-order chi connectivity index (χ0) is 15.7. The van der Waals surface area contributed by atoms with Gasteiger partial charge in [-0.25, -0.2) is 0 Å². The van der Waals surface area contributed by atoms with E-state index in [1.165, 1.54) is 6.07 Å². The second-order valence-corrected chi connectivity index (χ2v) is 4.50. The molecule has 1 unspecified atom stereocenters. The molecule has 7 heteroatoms. The number of benzene rings is 1. The summed E-state index contributed by atoms with van der Waals surface area (Å²) in [6.07, 6.45) is 0.462. The molecule has 0 bridgehead atoms. The van der Waals surface area contributed by atoms with Crippen LogP contribution < -0.4 is 15.8 Å². The predicted octanol–water partition coefficient (Wildman–Crippen LogP) is 1.77. The van der Waals surface area contributed by atoms with Crippen molar-refractivity contribution >= 4 is 5.96 Å². The number of para-hydroxylation sites is 1. The highest BCUT2D eigenvalue weighted by atomic mass is 19.3. The minimum Gasteiger partial charge on any atom is -0.435 e. The van der Waals surface area contributed by atoms with Crippen molar-refractivity contribution in [3.63, 3.8) is 0 Å². The van der Waals surface area contributed by atoms with Crippen molar-refractivity contribution in [3.8, 4) is 5.75 Å². The van der Waals surface area contributed by atoms with Crippen molar-refractivity contribution in [2.75, 3.05) is 20.3 Å². The second kappa shape index (κ2) is 9.12. The largest absolute Gasteiger partial charge is 0.435 e. The summed E-state index contributed by atoms with van der Waals surface area (Å²) >= 11 is 0. The first-order chi connectivity index (χ1) is 10.0. The summed E-state index contributed by atoms with van der Waals surface area (Å²) in [7, 11) is 1.60. The Morgan fingerprint density at radius 3 is 2.76 bits per heavy atom. The third-order valence-electron chi connectivity index (χ3n) is 2.66. The average Bonchev–Trinajstić information content (AvgIpc) is 2.40. The van der Waals surface area contributed by atoms with Crippen molar-refractivity contribution < 1.29 is 18.3 Å². The van der Waals surface area contributed by atoms with E-state index in [1.54, 1.807) is 25.3 Å². The number of ether oxygens (including phenoxy) is 2.